The van der Waals surface area contributed by atoms with Gasteiger partial charge < -0.3 is 4.74 Å². The van der Waals surface area contributed by atoms with Gasteiger partial charge in [0.25, 0.3) is 0 Å². The zero-order chi connectivity index (χ0) is 14.5. The first-order valence-corrected chi connectivity index (χ1v) is 8.28. The molecule has 0 aliphatic heterocycles. The number of benzene rings is 1. The second kappa shape index (κ2) is 7.43. The number of nitrogens with two attached hydrogens (primary N) is 1. The lowest BCUT2D eigenvalue weighted by molar-refractivity contribution is 0.207. The average Bonchev–Trinajstić information content (AvgIpc) is 2.49. The summed E-state index contributed by atoms with van der Waals surface area (Å²) in [5, 5.41) is 0. The normalized spacial score (nSPS) is 24.4. The van der Waals surface area contributed by atoms with Crippen LogP contribution in [0.2, 0.25) is 0 Å². The molecule has 0 heterocycles. The van der Waals surface area contributed by atoms with E-state index in [0.717, 1.165) is 16.1 Å². The lowest BCUT2D eigenvalue weighted by atomic mass is 9.75. The summed E-state index contributed by atoms with van der Waals surface area (Å²) in [6.07, 6.45) is 6.43. The molecule has 20 heavy (non-hydrogen) atoms. The van der Waals surface area contributed by atoms with Gasteiger partial charge in [-0.25, -0.2) is 0 Å². The maximum absolute atomic E-state index is 5.87. The van der Waals surface area contributed by atoms with Crippen molar-refractivity contribution < 1.29 is 4.74 Å². The number of halogens is 1. The number of hydrazine groups is 1. The van der Waals surface area contributed by atoms with Gasteiger partial charge in [0.1, 0.15) is 5.75 Å². The molecule has 3 unspecified atom stereocenters. The van der Waals surface area contributed by atoms with E-state index in [4.69, 9.17) is 10.6 Å². The van der Waals surface area contributed by atoms with Crippen molar-refractivity contribution in [3.63, 3.8) is 0 Å². The minimum absolute atomic E-state index is 0.174. The Morgan fingerprint density at radius 3 is 2.90 bits per heavy atom. The van der Waals surface area contributed by atoms with Crippen molar-refractivity contribution in [1.82, 2.24) is 5.43 Å². The Morgan fingerprint density at radius 1 is 1.45 bits per heavy atom. The molecule has 4 heteroatoms. The molecule has 0 saturated heterocycles. The van der Waals surface area contributed by atoms with Crippen molar-refractivity contribution in [1.29, 1.82) is 0 Å². The molecule has 0 amide bonds. The van der Waals surface area contributed by atoms with Crippen molar-refractivity contribution in [3.8, 4) is 5.75 Å². The summed E-state index contributed by atoms with van der Waals surface area (Å²) in [5.74, 6) is 8.20. The molecular weight excluding hydrogens is 316 g/mol. The van der Waals surface area contributed by atoms with Gasteiger partial charge in [-0.3, -0.25) is 11.3 Å². The SMILES string of the molecule is CCC1CCCC(C(NN)c2ccc(Br)cc2OC)C1. The maximum atomic E-state index is 5.87. The number of hydrogen-bond donors (Lipinski definition) is 2. The van der Waals surface area contributed by atoms with E-state index in [1.54, 1.807) is 7.11 Å². The Balaban J connectivity index is 2.23. The van der Waals surface area contributed by atoms with Crippen molar-refractivity contribution in [2.45, 2.75) is 45.1 Å². The molecule has 1 aliphatic rings. The van der Waals surface area contributed by atoms with Gasteiger partial charge in [0.15, 0.2) is 0 Å². The quantitative estimate of drug-likeness (QED) is 0.624. The smallest absolute Gasteiger partial charge is 0.124 e. The molecule has 3 nitrogen and oxygen atoms in total. The zero-order valence-corrected chi connectivity index (χ0v) is 13.9. The molecule has 0 radical (unpaired) electrons. The summed E-state index contributed by atoms with van der Waals surface area (Å²) < 4.78 is 6.56. The number of nitrogens with one attached hydrogen (secondary N) is 1. The number of rotatable bonds is 5. The van der Waals surface area contributed by atoms with Crippen LogP contribution in [-0.4, -0.2) is 7.11 Å². The van der Waals surface area contributed by atoms with Crippen molar-refractivity contribution in [2.24, 2.45) is 17.7 Å². The first-order valence-electron chi connectivity index (χ1n) is 7.49. The molecule has 1 saturated carbocycles. The Bertz CT molecular complexity index is 438. The predicted molar refractivity (Wildman–Crippen MR) is 86.5 cm³/mol. The van der Waals surface area contributed by atoms with Gasteiger partial charge in [0.2, 0.25) is 0 Å². The molecule has 2 rings (SSSR count). The van der Waals surface area contributed by atoms with E-state index in [1.807, 2.05) is 6.07 Å². The third-order valence-electron chi connectivity index (χ3n) is 4.58. The topological polar surface area (TPSA) is 47.3 Å². The van der Waals surface area contributed by atoms with Crippen LogP contribution in [0, 0.1) is 11.8 Å². The maximum Gasteiger partial charge on any atom is 0.124 e. The van der Waals surface area contributed by atoms with Crippen LogP contribution in [0.3, 0.4) is 0 Å². The Kier molecular flexibility index (Phi) is 5.87. The average molecular weight is 341 g/mol. The van der Waals surface area contributed by atoms with Crippen molar-refractivity contribution >= 4 is 15.9 Å². The second-order valence-corrected chi connectivity index (χ2v) is 6.65. The van der Waals surface area contributed by atoms with Gasteiger partial charge in [-0.1, -0.05) is 48.2 Å². The van der Waals surface area contributed by atoms with Crippen LogP contribution >= 0.6 is 15.9 Å². The Hall–Kier alpha value is -0.580. The highest BCUT2D eigenvalue weighted by Gasteiger charge is 2.29. The number of methoxy groups -OCH3 is 1. The molecule has 0 spiro atoms. The van der Waals surface area contributed by atoms with E-state index in [9.17, 15) is 0 Å². The van der Waals surface area contributed by atoms with Crippen LogP contribution in [0.25, 0.3) is 0 Å². The summed E-state index contributed by atoms with van der Waals surface area (Å²) in [6, 6.07) is 6.36. The van der Waals surface area contributed by atoms with E-state index in [0.29, 0.717) is 5.92 Å². The van der Waals surface area contributed by atoms with Crippen LogP contribution in [0.1, 0.15) is 50.6 Å². The first kappa shape index (κ1) is 15.8. The summed E-state index contributed by atoms with van der Waals surface area (Å²) >= 11 is 3.49. The third kappa shape index (κ3) is 3.54. The van der Waals surface area contributed by atoms with Crippen LogP contribution in [0.5, 0.6) is 5.75 Å². The van der Waals surface area contributed by atoms with Crippen LogP contribution in [-0.2, 0) is 0 Å². The highest BCUT2D eigenvalue weighted by molar-refractivity contribution is 9.10. The highest BCUT2D eigenvalue weighted by Crippen LogP contribution is 2.41. The van der Waals surface area contributed by atoms with E-state index in [2.05, 4.69) is 40.4 Å². The Labute approximate surface area is 130 Å². The molecule has 1 aromatic rings. The van der Waals surface area contributed by atoms with Gasteiger partial charge in [-0.15, -0.1) is 0 Å². The summed E-state index contributed by atoms with van der Waals surface area (Å²) in [5.41, 5.74) is 4.20. The van der Waals surface area contributed by atoms with Crippen molar-refractivity contribution in [3.05, 3.63) is 28.2 Å². The molecule has 1 aromatic carbocycles. The zero-order valence-electron chi connectivity index (χ0n) is 12.4. The molecule has 1 fully saturated rings. The van der Waals surface area contributed by atoms with E-state index < -0.39 is 0 Å². The summed E-state index contributed by atoms with van der Waals surface area (Å²) in [4.78, 5) is 0. The molecule has 112 valence electrons. The van der Waals surface area contributed by atoms with Gasteiger partial charge in [0.05, 0.1) is 13.2 Å². The summed E-state index contributed by atoms with van der Waals surface area (Å²) in [6.45, 7) is 2.29. The molecule has 0 aromatic heterocycles. The lowest BCUT2D eigenvalue weighted by Gasteiger charge is -2.34. The molecule has 3 atom stereocenters. The first-order chi connectivity index (χ1) is 9.69. The van der Waals surface area contributed by atoms with Gasteiger partial charge in [-0.05, 0) is 36.8 Å². The van der Waals surface area contributed by atoms with Gasteiger partial charge in [-0.2, -0.15) is 0 Å². The van der Waals surface area contributed by atoms with Crippen molar-refractivity contribution in [2.75, 3.05) is 7.11 Å². The van der Waals surface area contributed by atoms with E-state index in [1.165, 1.54) is 37.7 Å². The molecule has 1 aliphatic carbocycles. The second-order valence-electron chi connectivity index (χ2n) is 5.73. The standard InChI is InChI=1S/C16H25BrN2O/c1-3-11-5-4-6-12(9-11)16(19-18)14-8-7-13(17)10-15(14)20-2/h7-8,10-12,16,19H,3-6,9,18H2,1-2H3. The minimum atomic E-state index is 0.174. The monoisotopic (exact) mass is 340 g/mol. The number of ether oxygens (including phenoxy) is 1. The van der Waals surface area contributed by atoms with Crippen LogP contribution in [0.15, 0.2) is 22.7 Å². The molecule has 0 bridgehead atoms. The third-order valence-corrected chi connectivity index (χ3v) is 5.08. The highest BCUT2D eigenvalue weighted by atomic mass is 79.9. The van der Waals surface area contributed by atoms with Gasteiger partial charge in [0, 0.05) is 10.0 Å². The van der Waals surface area contributed by atoms with Crippen LogP contribution < -0.4 is 16.0 Å². The lowest BCUT2D eigenvalue weighted by Crippen LogP contribution is -2.36. The molecular formula is C16H25BrN2O. The summed E-state index contributed by atoms with van der Waals surface area (Å²) in [7, 11) is 1.72. The number of hydrogen-bond acceptors (Lipinski definition) is 3. The fourth-order valence-electron chi connectivity index (χ4n) is 3.43. The fraction of sp³-hybridized carbons (Fsp3) is 0.625. The van der Waals surface area contributed by atoms with Crippen LogP contribution in [0.4, 0.5) is 0 Å². The Morgan fingerprint density at radius 2 is 2.25 bits per heavy atom. The van der Waals surface area contributed by atoms with Gasteiger partial charge >= 0.3 is 0 Å². The largest absolute Gasteiger partial charge is 0.496 e. The fourth-order valence-corrected chi connectivity index (χ4v) is 3.77. The van der Waals surface area contributed by atoms with E-state index >= 15 is 0 Å². The van der Waals surface area contributed by atoms with E-state index in [-0.39, 0.29) is 6.04 Å². The molecule has 3 N–H and O–H groups in total. The minimum Gasteiger partial charge on any atom is -0.496 e. The predicted octanol–water partition coefficient (Wildman–Crippen LogP) is 4.18.